The number of nitro benzene ring substituents is 1. The van der Waals surface area contributed by atoms with E-state index < -0.39 is 10.8 Å². The minimum absolute atomic E-state index is 0.125. The lowest BCUT2D eigenvalue weighted by atomic mass is 10.1. The zero-order chi connectivity index (χ0) is 17.7. The average Bonchev–Trinajstić information content (AvgIpc) is 2.81. The maximum Gasteiger partial charge on any atom is 0.270 e. The Balaban J connectivity index is 2.17. The van der Waals surface area contributed by atoms with Crippen molar-refractivity contribution >= 4 is 17.5 Å². The van der Waals surface area contributed by atoms with Crippen LogP contribution in [0.3, 0.4) is 0 Å². The lowest BCUT2D eigenvalue weighted by Crippen LogP contribution is -2.42. The Morgan fingerprint density at radius 3 is 2.17 bits per heavy atom. The molecule has 0 saturated heterocycles. The van der Waals surface area contributed by atoms with Gasteiger partial charge in [-0.2, -0.15) is 0 Å². The molecule has 0 N–H and O–H groups in total. The molecule has 0 radical (unpaired) electrons. The first-order valence-corrected chi connectivity index (χ1v) is 8.36. The predicted molar refractivity (Wildman–Crippen MR) is 89.9 cm³/mol. The highest BCUT2D eigenvalue weighted by Crippen LogP contribution is 2.27. The molecule has 0 unspecified atom stereocenters. The molecule has 2 rings (SSSR count). The number of imide groups is 1. The standard InChI is InChI=1S/C17H23N3O4/c1-3-5-9-18(10-6-4-2)12-19-16(21)14-8-7-13(20(23)24)11-15(14)17(19)22/h7-8,11H,3-6,9-10,12H2,1-2H3. The van der Waals surface area contributed by atoms with Crippen molar-refractivity contribution in [3.8, 4) is 0 Å². The fourth-order valence-electron chi connectivity index (χ4n) is 2.74. The minimum atomic E-state index is -0.560. The van der Waals surface area contributed by atoms with Crippen LogP contribution in [0.25, 0.3) is 0 Å². The van der Waals surface area contributed by atoms with Gasteiger partial charge in [-0.25, -0.2) is 0 Å². The molecule has 1 aromatic rings. The van der Waals surface area contributed by atoms with E-state index in [1.165, 1.54) is 23.1 Å². The second-order valence-corrected chi connectivity index (χ2v) is 5.99. The summed E-state index contributed by atoms with van der Waals surface area (Å²) in [5, 5.41) is 10.9. The van der Waals surface area contributed by atoms with E-state index in [0.29, 0.717) is 0 Å². The van der Waals surface area contributed by atoms with E-state index in [1.54, 1.807) is 0 Å². The van der Waals surface area contributed by atoms with Crippen LogP contribution in [-0.4, -0.2) is 46.3 Å². The van der Waals surface area contributed by atoms with Crippen LogP contribution in [0.5, 0.6) is 0 Å². The molecule has 1 heterocycles. The number of hydrogen-bond acceptors (Lipinski definition) is 5. The van der Waals surface area contributed by atoms with Gasteiger partial charge in [0.05, 0.1) is 22.7 Å². The highest BCUT2D eigenvalue weighted by Gasteiger charge is 2.37. The van der Waals surface area contributed by atoms with E-state index in [-0.39, 0.29) is 29.4 Å². The third-order valence-corrected chi connectivity index (χ3v) is 4.16. The van der Waals surface area contributed by atoms with Crippen LogP contribution in [0.15, 0.2) is 18.2 Å². The van der Waals surface area contributed by atoms with E-state index in [4.69, 9.17) is 0 Å². The summed E-state index contributed by atoms with van der Waals surface area (Å²) >= 11 is 0. The fourth-order valence-corrected chi connectivity index (χ4v) is 2.74. The molecule has 1 aliphatic heterocycles. The van der Waals surface area contributed by atoms with Crippen LogP contribution in [0.1, 0.15) is 60.2 Å². The molecule has 0 aliphatic carbocycles. The molecule has 7 nitrogen and oxygen atoms in total. The van der Waals surface area contributed by atoms with Crippen molar-refractivity contribution < 1.29 is 14.5 Å². The van der Waals surface area contributed by atoms with Crippen molar-refractivity contribution in [3.05, 3.63) is 39.4 Å². The van der Waals surface area contributed by atoms with Gasteiger partial charge in [0.1, 0.15) is 0 Å². The molecule has 0 atom stereocenters. The van der Waals surface area contributed by atoms with Crippen molar-refractivity contribution in [3.63, 3.8) is 0 Å². The van der Waals surface area contributed by atoms with Gasteiger partial charge in [0, 0.05) is 12.1 Å². The Kier molecular flexibility index (Phi) is 6.03. The number of hydrogen-bond donors (Lipinski definition) is 0. The minimum Gasteiger partial charge on any atom is -0.286 e. The first-order valence-electron chi connectivity index (χ1n) is 8.36. The van der Waals surface area contributed by atoms with Crippen LogP contribution in [0.2, 0.25) is 0 Å². The molecule has 1 aliphatic rings. The van der Waals surface area contributed by atoms with Gasteiger partial charge in [0.2, 0.25) is 0 Å². The second kappa shape index (κ2) is 8.01. The van der Waals surface area contributed by atoms with Gasteiger partial charge < -0.3 is 0 Å². The van der Waals surface area contributed by atoms with E-state index in [1.807, 2.05) is 0 Å². The summed E-state index contributed by atoms with van der Waals surface area (Å²) in [6, 6.07) is 3.83. The van der Waals surface area contributed by atoms with Crippen molar-refractivity contribution in [2.45, 2.75) is 39.5 Å². The topological polar surface area (TPSA) is 83.8 Å². The summed E-state index contributed by atoms with van der Waals surface area (Å²) < 4.78 is 0. The van der Waals surface area contributed by atoms with Gasteiger partial charge in [-0.3, -0.25) is 29.5 Å². The SMILES string of the molecule is CCCCN(CCCC)CN1C(=O)c2ccc([N+](=O)[O-])cc2C1=O. The quantitative estimate of drug-likeness (QED) is 0.394. The number of rotatable bonds is 9. The van der Waals surface area contributed by atoms with E-state index in [0.717, 1.165) is 38.8 Å². The van der Waals surface area contributed by atoms with E-state index in [2.05, 4.69) is 18.7 Å². The molecule has 2 amide bonds. The lowest BCUT2D eigenvalue weighted by Gasteiger charge is -2.26. The number of nitrogens with zero attached hydrogens (tertiary/aromatic N) is 3. The summed E-state index contributed by atoms with van der Waals surface area (Å²) in [4.78, 5) is 38.6. The first-order chi connectivity index (χ1) is 11.5. The zero-order valence-corrected chi connectivity index (χ0v) is 14.2. The molecule has 0 aromatic heterocycles. The number of carbonyl (C=O) groups excluding carboxylic acids is 2. The number of fused-ring (bicyclic) bond motifs is 1. The fraction of sp³-hybridized carbons (Fsp3) is 0.529. The molecule has 7 heteroatoms. The maximum atomic E-state index is 12.5. The third kappa shape index (κ3) is 3.79. The number of amides is 2. The second-order valence-electron chi connectivity index (χ2n) is 5.99. The maximum absolute atomic E-state index is 12.5. The number of unbranched alkanes of at least 4 members (excludes halogenated alkanes) is 2. The van der Waals surface area contributed by atoms with Crippen molar-refractivity contribution in [1.82, 2.24) is 9.80 Å². The lowest BCUT2D eigenvalue weighted by molar-refractivity contribution is -0.384. The highest BCUT2D eigenvalue weighted by molar-refractivity contribution is 6.21. The molecule has 0 saturated carbocycles. The summed E-state index contributed by atoms with van der Waals surface area (Å²) in [5.74, 6) is -0.820. The molecule has 1 aromatic carbocycles. The monoisotopic (exact) mass is 333 g/mol. The van der Waals surface area contributed by atoms with Gasteiger partial charge in [0.15, 0.2) is 0 Å². The molecular weight excluding hydrogens is 310 g/mol. The van der Waals surface area contributed by atoms with Crippen LogP contribution in [-0.2, 0) is 0 Å². The smallest absolute Gasteiger partial charge is 0.270 e. The molecule has 130 valence electrons. The van der Waals surface area contributed by atoms with Gasteiger partial charge >= 0.3 is 0 Å². The normalized spacial score (nSPS) is 13.7. The Morgan fingerprint density at radius 2 is 1.62 bits per heavy atom. The largest absolute Gasteiger partial charge is 0.286 e. The Bertz CT molecular complexity index is 637. The Labute approximate surface area is 141 Å². The number of non-ortho nitro benzene ring substituents is 1. The van der Waals surface area contributed by atoms with Crippen LogP contribution in [0, 0.1) is 10.1 Å². The number of carbonyl (C=O) groups is 2. The van der Waals surface area contributed by atoms with Crippen molar-refractivity contribution in [1.29, 1.82) is 0 Å². The summed E-state index contributed by atoms with van der Waals surface area (Å²) in [6.45, 7) is 6.08. The van der Waals surface area contributed by atoms with Gasteiger partial charge in [-0.15, -0.1) is 0 Å². The van der Waals surface area contributed by atoms with Crippen molar-refractivity contribution in [2.24, 2.45) is 0 Å². The van der Waals surface area contributed by atoms with Gasteiger partial charge in [-0.05, 0) is 32.0 Å². The molecule has 0 bridgehead atoms. The summed E-state index contributed by atoms with van der Waals surface area (Å²) in [5.41, 5.74) is 0.197. The molecular formula is C17H23N3O4. The molecule has 24 heavy (non-hydrogen) atoms. The number of nitro groups is 1. The van der Waals surface area contributed by atoms with Gasteiger partial charge in [-0.1, -0.05) is 26.7 Å². The Morgan fingerprint density at radius 1 is 1.04 bits per heavy atom. The summed E-state index contributed by atoms with van der Waals surface area (Å²) in [7, 11) is 0. The summed E-state index contributed by atoms with van der Waals surface area (Å²) in [6.07, 6.45) is 4.07. The average molecular weight is 333 g/mol. The van der Waals surface area contributed by atoms with E-state index in [9.17, 15) is 19.7 Å². The third-order valence-electron chi connectivity index (χ3n) is 4.16. The van der Waals surface area contributed by atoms with Crippen LogP contribution < -0.4 is 0 Å². The molecule has 0 spiro atoms. The molecule has 0 fully saturated rings. The zero-order valence-electron chi connectivity index (χ0n) is 14.2. The predicted octanol–water partition coefficient (Wildman–Crippen LogP) is 3.05. The first kappa shape index (κ1) is 18.1. The number of benzene rings is 1. The van der Waals surface area contributed by atoms with E-state index >= 15 is 0 Å². The highest BCUT2D eigenvalue weighted by atomic mass is 16.6. The van der Waals surface area contributed by atoms with Gasteiger partial charge in [0.25, 0.3) is 17.5 Å². The Hall–Kier alpha value is -2.28. The van der Waals surface area contributed by atoms with Crippen LogP contribution >= 0.6 is 0 Å². The van der Waals surface area contributed by atoms with Crippen LogP contribution in [0.4, 0.5) is 5.69 Å². The van der Waals surface area contributed by atoms with Crippen molar-refractivity contribution in [2.75, 3.05) is 19.8 Å².